The molecule has 2 aliphatic heterocycles. The van der Waals surface area contributed by atoms with Crippen molar-refractivity contribution in [2.75, 3.05) is 43.4 Å². The smallest absolute Gasteiger partial charge is 0.0400 e. The van der Waals surface area contributed by atoms with Crippen LogP contribution in [-0.4, -0.2) is 44.2 Å². The number of anilines is 2. The molecule has 1 unspecified atom stereocenters. The van der Waals surface area contributed by atoms with Gasteiger partial charge in [0.1, 0.15) is 0 Å². The third-order valence-corrected chi connectivity index (χ3v) is 4.35. The molecule has 2 aliphatic rings. The summed E-state index contributed by atoms with van der Waals surface area (Å²) in [6, 6.07) is 9.63. The minimum Gasteiger partial charge on any atom is -0.381 e. The summed E-state index contributed by atoms with van der Waals surface area (Å²) in [6.45, 7) is 4.82. The van der Waals surface area contributed by atoms with Crippen molar-refractivity contribution in [2.24, 2.45) is 0 Å². The van der Waals surface area contributed by atoms with Crippen LogP contribution in [0.1, 0.15) is 25.7 Å². The average molecular weight is 259 g/mol. The highest BCUT2D eigenvalue weighted by atomic mass is 15.2. The fraction of sp³-hybridized carbons (Fsp3) is 0.625. The van der Waals surface area contributed by atoms with E-state index in [1.54, 1.807) is 0 Å². The Morgan fingerprint density at radius 3 is 2.37 bits per heavy atom. The number of hydrogen-bond acceptors (Lipinski definition) is 3. The summed E-state index contributed by atoms with van der Waals surface area (Å²) in [5, 5.41) is 3.64. The zero-order chi connectivity index (χ0) is 13.1. The fourth-order valence-corrected chi connectivity index (χ4v) is 3.21. The van der Waals surface area contributed by atoms with Crippen LogP contribution in [0.25, 0.3) is 0 Å². The van der Waals surface area contributed by atoms with E-state index < -0.39 is 0 Å². The molecule has 1 aromatic carbocycles. The highest BCUT2D eigenvalue weighted by Crippen LogP contribution is 2.23. The van der Waals surface area contributed by atoms with Crippen molar-refractivity contribution in [3.63, 3.8) is 0 Å². The lowest BCUT2D eigenvalue weighted by Gasteiger charge is -2.29. The molecule has 1 atom stereocenters. The van der Waals surface area contributed by atoms with Crippen LogP contribution in [0.3, 0.4) is 0 Å². The van der Waals surface area contributed by atoms with Crippen molar-refractivity contribution in [3.8, 4) is 0 Å². The summed E-state index contributed by atoms with van der Waals surface area (Å²) in [4.78, 5) is 4.90. The molecule has 2 heterocycles. The number of benzene rings is 1. The van der Waals surface area contributed by atoms with E-state index in [1.807, 2.05) is 0 Å². The summed E-state index contributed by atoms with van der Waals surface area (Å²) in [5.41, 5.74) is 2.65. The van der Waals surface area contributed by atoms with Crippen molar-refractivity contribution in [3.05, 3.63) is 24.3 Å². The van der Waals surface area contributed by atoms with E-state index in [0.717, 1.165) is 6.54 Å². The molecule has 1 N–H and O–H groups in total. The van der Waals surface area contributed by atoms with E-state index in [9.17, 15) is 0 Å². The van der Waals surface area contributed by atoms with Crippen LogP contribution < -0.4 is 10.2 Å². The summed E-state index contributed by atoms with van der Waals surface area (Å²) in [6.07, 6.45) is 5.33. The maximum absolute atomic E-state index is 3.64. The number of piperidine rings is 1. The van der Waals surface area contributed by atoms with Crippen molar-refractivity contribution >= 4 is 11.4 Å². The van der Waals surface area contributed by atoms with Crippen molar-refractivity contribution < 1.29 is 0 Å². The summed E-state index contributed by atoms with van der Waals surface area (Å²) >= 11 is 0. The molecule has 19 heavy (non-hydrogen) atoms. The van der Waals surface area contributed by atoms with Crippen LogP contribution in [0.5, 0.6) is 0 Å². The lowest BCUT2D eigenvalue weighted by atomic mass is 10.1. The number of nitrogens with zero attached hydrogens (tertiary/aromatic N) is 2. The number of likely N-dealkylation sites (tertiary alicyclic amines) is 1. The normalized spacial score (nSPS) is 24.7. The standard InChI is InChI=1S/C16H25N3/c1-18-12-9-15(13-18)17-14-5-7-16(8-6-14)19-10-3-2-4-11-19/h5-8,15,17H,2-4,9-13H2,1H3. The largest absolute Gasteiger partial charge is 0.381 e. The van der Waals surface area contributed by atoms with E-state index in [4.69, 9.17) is 0 Å². The predicted octanol–water partition coefficient (Wildman–Crippen LogP) is 2.79. The van der Waals surface area contributed by atoms with Gasteiger partial charge in [-0.15, -0.1) is 0 Å². The molecule has 1 aromatic rings. The number of rotatable bonds is 3. The Kier molecular flexibility index (Phi) is 3.92. The Labute approximate surface area is 116 Å². The summed E-state index contributed by atoms with van der Waals surface area (Å²) < 4.78 is 0. The van der Waals surface area contributed by atoms with Gasteiger partial charge < -0.3 is 15.1 Å². The molecule has 3 rings (SSSR count). The zero-order valence-electron chi connectivity index (χ0n) is 11.9. The quantitative estimate of drug-likeness (QED) is 0.900. The Balaban J connectivity index is 1.59. The monoisotopic (exact) mass is 259 g/mol. The highest BCUT2D eigenvalue weighted by molar-refractivity contribution is 5.55. The first kappa shape index (κ1) is 12.8. The number of hydrogen-bond donors (Lipinski definition) is 1. The third kappa shape index (κ3) is 3.21. The van der Waals surface area contributed by atoms with Gasteiger partial charge in [-0.2, -0.15) is 0 Å². The van der Waals surface area contributed by atoms with E-state index in [0.29, 0.717) is 6.04 Å². The van der Waals surface area contributed by atoms with E-state index >= 15 is 0 Å². The molecule has 0 aromatic heterocycles. The average Bonchev–Trinajstić information content (AvgIpc) is 2.86. The molecule has 0 aliphatic carbocycles. The molecule has 2 fully saturated rings. The van der Waals surface area contributed by atoms with Gasteiger partial charge in [-0.25, -0.2) is 0 Å². The molecule has 0 bridgehead atoms. The van der Waals surface area contributed by atoms with Gasteiger partial charge in [0.2, 0.25) is 0 Å². The highest BCUT2D eigenvalue weighted by Gasteiger charge is 2.19. The molecule has 2 saturated heterocycles. The second-order valence-electron chi connectivity index (χ2n) is 5.99. The number of likely N-dealkylation sites (N-methyl/N-ethyl adjacent to an activating group) is 1. The van der Waals surface area contributed by atoms with Gasteiger partial charge in [-0.1, -0.05) is 0 Å². The van der Waals surface area contributed by atoms with Gasteiger partial charge in [0, 0.05) is 37.1 Å². The summed E-state index contributed by atoms with van der Waals surface area (Å²) in [7, 11) is 2.20. The third-order valence-electron chi connectivity index (χ3n) is 4.35. The Bertz CT molecular complexity index is 395. The maximum Gasteiger partial charge on any atom is 0.0400 e. The SMILES string of the molecule is CN1CCC(Nc2ccc(N3CCCCC3)cc2)C1. The molecule has 0 saturated carbocycles. The second-order valence-corrected chi connectivity index (χ2v) is 5.99. The Hall–Kier alpha value is -1.22. The molecule has 0 amide bonds. The molecule has 3 nitrogen and oxygen atoms in total. The van der Waals surface area contributed by atoms with Gasteiger partial charge in [0.25, 0.3) is 0 Å². The van der Waals surface area contributed by atoms with E-state index in [2.05, 4.69) is 46.4 Å². The van der Waals surface area contributed by atoms with Crippen LogP contribution >= 0.6 is 0 Å². The molecular weight excluding hydrogens is 234 g/mol. The molecule has 0 radical (unpaired) electrons. The van der Waals surface area contributed by atoms with Gasteiger partial charge >= 0.3 is 0 Å². The van der Waals surface area contributed by atoms with Gasteiger partial charge in [-0.05, 0) is 63.5 Å². The first-order valence-corrected chi connectivity index (χ1v) is 7.61. The lowest BCUT2D eigenvalue weighted by Crippen LogP contribution is -2.29. The van der Waals surface area contributed by atoms with Gasteiger partial charge in [0.15, 0.2) is 0 Å². The predicted molar refractivity (Wildman–Crippen MR) is 82.0 cm³/mol. The van der Waals surface area contributed by atoms with Gasteiger partial charge in [0.05, 0.1) is 0 Å². The van der Waals surface area contributed by atoms with E-state index in [-0.39, 0.29) is 0 Å². The summed E-state index contributed by atoms with van der Waals surface area (Å²) in [5.74, 6) is 0. The Morgan fingerprint density at radius 1 is 1.00 bits per heavy atom. The molecule has 104 valence electrons. The second kappa shape index (κ2) is 5.83. The zero-order valence-corrected chi connectivity index (χ0v) is 11.9. The Morgan fingerprint density at radius 2 is 1.74 bits per heavy atom. The van der Waals surface area contributed by atoms with Crippen LogP contribution in [0.2, 0.25) is 0 Å². The minimum atomic E-state index is 0.617. The first-order valence-electron chi connectivity index (χ1n) is 7.61. The van der Waals surface area contributed by atoms with Crippen LogP contribution in [0.4, 0.5) is 11.4 Å². The van der Waals surface area contributed by atoms with Gasteiger partial charge in [-0.3, -0.25) is 0 Å². The first-order chi connectivity index (χ1) is 9.31. The van der Waals surface area contributed by atoms with Crippen LogP contribution in [0.15, 0.2) is 24.3 Å². The minimum absolute atomic E-state index is 0.617. The maximum atomic E-state index is 3.64. The van der Waals surface area contributed by atoms with Crippen molar-refractivity contribution in [1.29, 1.82) is 0 Å². The van der Waals surface area contributed by atoms with Crippen LogP contribution in [-0.2, 0) is 0 Å². The number of nitrogens with one attached hydrogen (secondary N) is 1. The lowest BCUT2D eigenvalue weighted by molar-refractivity contribution is 0.414. The van der Waals surface area contributed by atoms with Crippen molar-refractivity contribution in [1.82, 2.24) is 4.90 Å². The topological polar surface area (TPSA) is 18.5 Å². The van der Waals surface area contributed by atoms with Crippen molar-refractivity contribution in [2.45, 2.75) is 31.7 Å². The molecular formula is C16H25N3. The van der Waals surface area contributed by atoms with E-state index in [1.165, 1.54) is 56.7 Å². The molecule has 3 heteroatoms. The van der Waals surface area contributed by atoms with Crippen LogP contribution in [0, 0.1) is 0 Å². The molecule has 0 spiro atoms. The fourth-order valence-electron chi connectivity index (χ4n) is 3.21.